The number of nitrogens with one attached hydrogen (secondary N) is 1. The van der Waals surface area contributed by atoms with Gasteiger partial charge in [-0.3, -0.25) is 19.3 Å². The second-order valence-corrected chi connectivity index (χ2v) is 9.67. The first-order valence-corrected chi connectivity index (χ1v) is 13.3. The van der Waals surface area contributed by atoms with Gasteiger partial charge in [0.25, 0.3) is 11.1 Å². The van der Waals surface area contributed by atoms with Crippen molar-refractivity contribution in [3.63, 3.8) is 0 Å². The lowest BCUT2D eigenvalue weighted by atomic mass is 10.1. The lowest BCUT2D eigenvalue weighted by molar-refractivity contribution is -0.143. The van der Waals surface area contributed by atoms with E-state index in [0.29, 0.717) is 17.3 Å². The van der Waals surface area contributed by atoms with E-state index in [1.807, 2.05) is 0 Å². The molecule has 0 aliphatic carbocycles. The van der Waals surface area contributed by atoms with Crippen LogP contribution in [0.4, 0.5) is 10.5 Å². The van der Waals surface area contributed by atoms with Gasteiger partial charge in [0.1, 0.15) is 6.54 Å². The fourth-order valence-electron chi connectivity index (χ4n) is 3.36. The third-order valence-electron chi connectivity index (χ3n) is 5.11. The molecule has 0 spiro atoms. The van der Waals surface area contributed by atoms with Gasteiger partial charge in [0.05, 0.1) is 40.8 Å². The van der Waals surface area contributed by atoms with E-state index < -0.39 is 42.1 Å². The van der Waals surface area contributed by atoms with Crippen LogP contribution in [-0.2, 0) is 23.9 Å². The maximum atomic E-state index is 13.0. The normalized spacial score (nSPS) is 13.8. The Kier molecular flexibility index (Phi) is 10.8. The molecule has 0 unspecified atom stereocenters. The molecular weight excluding hydrogens is 587 g/mol. The number of carbonyl (C=O) groups is 5. The SMILES string of the molecule is CCOC(=O)c1cc(NC(=O)CN2C(=O)S/C(=C\c3cc(Cl)c(OCC(=O)OC)c(OCC)c3)C2=O)ccc1Cl. The molecule has 0 atom stereocenters. The molecule has 2 aromatic carbocycles. The highest BCUT2D eigenvalue weighted by atomic mass is 35.5. The fraction of sp³-hybridized carbons (Fsp3) is 0.269. The predicted molar refractivity (Wildman–Crippen MR) is 149 cm³/mol. The van der Waals surface area contributed by atoms with E-state index >= 15 is 0 Å². The number of benzene rings is 2. The largest absolute Gasteiger partial charge is 0.490 e. The average molecular weight is 611 g/mol. The van der Waals surface area contributed by atoms with E-state index in [2.05, 4.69) is 10.1 Å². The van der Waals surface area contributed by atoms with Gasteiger partial charge in [0.15, 0.2) is 18.1 Å². The van der Waals surface area contributed by atoms with Crippen molar-refractivity contribution in [1.82, 2.24) is 4.90 Å². The number of esters is 2. The Hall–Kier alpha value is -3.74. The first-order chi connectivity index (χ1) is 19.1. The molecule has 1 aliphatic rings. The van der Waals surface area contributed by atoms with Gasteiger partial charge in [-0.25, -0.2) is 9.59 Å². The molecule has 0 radical (unpaired) electrons. The molecule has 1 aliphatic heterocycles. The summed E-state index contributed by atoms with van der Waals surface area (Å²) in [5.74, 6) is -2.30. The fourth-order valence-corrected chi connectivity index (χ4v) is 4.67. The molecule has 40 heavy (non-hydrogen) atoms. The molecular formula is C26H24Cl2N2O9S. The predicted octanol–water partition coefficient (Wildman–Crippen LogP) is 4.80. The average Bonchev–Trinajstić information content (AvgIpc) is 3.16. The van der Waals surface area contributed by atoms with Crippen molar-refractivity contribution in [2.45, 2.75) is 13.8 Å². The number of amides is 3. The summed E-state index contributed by atoms with van der Waals surface area (Å²) in [6.45, 7) is 2.83. The quantitative estimate of drug-likeness (QED) is 0.279. The van der Waals surface area contributed by atoms with Crippen LogP contribution in [0.3, 0.4) is 0 Å². The molecule has 0 bridgehead atoms. The van der Waals surface area contributed by atoms with Crippen molar-refractivity contribution in [2.75, 3.05) is 38.8 Å². The number of hydrogen-bond donors (Lipinski definition) is 1. The minimum absolute atomic E-state index is 0.0515. The zero-order valence-corrected chi connectivity index (χ0v) is 23.9. The van der Waals surface area contributed by atoms with Gasteiger partial charge in [-0.15, -0.1) is 0 Å². The number of methoxy groups -OCH3 is 1. The van der Waals surface area contributed by atoms with Crippen molar-refractivity contribution < 1.29 is 42.9 Å². The van der Waals surface area contributed by atoms with Crippen LogP contribution in [0.15, 0.2) is 35.2 Å². The maximum absolute atomic E-state index is 13.0. The summed E-state index contributed by atoms with van der Waals surface area (Å²) in [5.41, 5.74) is 0.705. The van der Waals surface area contributed by atoms with E-state index in [4.69, 9.17) is 37.4 Å². The van der Waals surface area contributed by atoms with Gasteiger partial charge in [-0.05, 0) is 67.6 Å². The summed E-state index contributed by atoms with van der Waals surface area (Å²) in [5, 5.41) is 2.13. The molecule has 1 N–H and O–H groups in total. The number of hydrogen-bond acceptors (Lipinski definition) is 10. The first kappa shape index (κ1) is 30.8. The van der Waals surface area contributed by atoms with Crippen LogP contribution in [0.1, 0.15) is 29.8 Å². The van der Waals surface area contributed by atoms with Crippen LogP contribution in [0, 0.1) is 0 Å². The maximum Gasteiger partial charge on any atom is 0.343 e. The molecule has 11 nitrogen and oxygen atoms in total. The Labute approximate surface area is 243 Å². The number of thioether (sulfide) groups is 1. The summed E-state index contributed by atoms with van der Waals surface area (Å²) >= 11 is 13.0. The van der Waals surface area contributed by atoms with Crippen molar-refractivity contribution >= 4 is 75.7 Å². The Morgan fingerprint density at radius 2 is 1.77 bits per heavy atom. The zero-order chi connectivity index (χ0) is 29.4. The standard InChI is InChI=1S/C26H24Cl2N2O9S/c1-4-37-19-9-14(8-18(28)23(19)39-13-22(32)36-3)10-20-24(33)30(26(35)40-20)12-21(31)29-15-6-7-17(27)16(11-15)25(34)38-5-2/h6-11H,4-5,12-13H2,1-3H3,(H,29,31)/b20-10-. The summed E-state index contributed by atoms with van der Waals surface area (Å²) in [4.78, 5) is 62.5. The van der Waals surface area contributed by atoms with Crippen LogP contribution in [0.25, 0.3) is 6.08 Å². The van der Waals surface area contributed by atoms with Crippen molar-refractivity contribution in [2.24, 2.45) is 0 Å². The lowest BCUT2D eigenvalue weighted by Crippen LogP contribution is -2.36. The number of rotatable bonds is 11. The second-order valence-electron chi connectivity index (χ2n) is 7.86. The second kappa shape index (κ2) is 14.1. The van der Waals surface area contributed by atoms with Crippen LogP contribution in [0.5, 0.6) is 11.5 Å². The van der Waals surface area contributed by atoms with Gasteiger partial charge >= 0.3 is 11.9 Å². The van der Waals surface area contributed by atoms with E-state index in [9.17, 15) is 24.0 Å². The van der Waals surface area contributed by atoms with Crippen LogP contribution >= 0.6 is 35.0 Å². The Morgan fingerprint density at radius 1 is 1.02 bits per heavy atom. The summed E-state index contributed by atoms with van der Waals surface area (Å²) in [6.07, 6.45) is 1.42. The number of nitrogens with zero attached hydrogens (tertiary/aromatic N) is 1. The van der Waals surface area contributed by atoms with Crippen LogP contribution in [-0.4, -0.2) is 67.4 Å². The highest BCUT2D eigenvalue weighted by Gasteiger charge is 2.36. The van der Waals surface area contributed by atoms with Crippen LogP contribution < -0.4 is 14.8 Å². The van der Waals surface area contributed by atoms with E-state index in [-0.39, 0.29) is 50.9 Å². The minimum atomic E-state index is -0.687. The van der Waals surface area contributed by atoms with Crippen molar-refractivity contribution in [1.29, 1.82) is 0 Å². The highest BCUT2D eigenvalue weighted by Crippen LogP contribution is 2.39. The number of ether oxygens (including phenoxy) is 4. The number of imide groups is 1. The number of carbonyl (C=O) groups excluding carboxylic acids is 5. The summed E-state index contributed by atoms with van der Waals surface area (Å²) in [7, 11) is 1.22. The van der Waals surface area contributed by atoms with Crippen LogP contribution in [0.2, 0.25) is 10.0 Å². The first-order valence-electron chi connectivity index (χ1n) is 11.8. The Balaban J connectivity index is 1.75. The molecule has 1 fully saturated rings. The lowest BCUT2D eigenvalue weighted by Gasteiger charge is -2.14. The highest BCUT2D eigenvalue weighted by molar-refractivity contribution is 8.18. The van der Waals surface area contributed by atoms with Gasteiger partial charge in [-0.2, -0.15) is 0 Å². The van der Waals surface area contributed by atoms with E-state index in [1.54, 1.807) is 13.8 Å². The smallest absolute Gasteiger partial charge is 0.343 e. The van der Waals surface area contributed by atoms with E-state index in [1.165, 1.54) is 43.5 Å². The molecule has 1 heterocycles. The van der Waals surface area contributed by atoms with E-state index in [0.717, 1.165) is 4.90 Å². The minimum Gasteiger partial charge on any atom is -0.490 e. The van der Waals surface area contributed by atoms with Gasteiger partial charge in [-0.1, -0.05) is 23.2 Å². The monoisotopic (exact) mass is 610 g/mol. The van der Waals surface area contributed by atoms with Gasteiger partial charge < -0.3 is 24.3 Å². The Bertz CT molecular complexity index is 1380. The molecule has 212 valence electrons. The number of anilines is 1. The topological polar surface area (TPSA) is 138 Å². The summed E-state index contributed by atoms with van der Waals surface area (Å²) in [6, 6.07) is 7.22. The molecule has 0 aromatic heterocycles. The van der Waals surface area contributed by atoms with Crippen molar-refractivity contribution in [3.05, 3.63) is 56.4 Å². The molecule has 3 rings (SSSR count). The van der Waals surface area contributed by atoms with Gasteiger partial charge in [0, 0.05) is 5.69 Å². The molecule has 3 amide bonds. The van der Waals surface area contributed by atoms with Gasteiger partial charge in [0.2, 0.25) is 5.91 Å². The third kappa shape index (κ3) is 7.68. The molecule has 1 saturated heterocycles. The molecule has 14 heteroatoms. The van der Waals surface area contributed by atoms with Crippen molar-refractivity contribution in [3.8, 4) is 11.5 Å². The summed E-state index contributed by atoms with van der Waals surface area (Å²) < 4.78 is 20.5. The molecule has 0 saturated carbocycles. The Morgan fingerprint density at radius 3 is 2.45 bits per heavy atom. The third-order valence-corrected chi connectivity index (χ3v) is 6.63. The zero-order valence-electron chi connectivity index (χ0n) is 21.6. The molecule has 2 aromatic rings. The number of halogens is 2.